The van der Waals surface area contributed by atoms with Crippen molar-refractivity contribution < 1.29 is 9.12 Å². The van der Waals surface area contributed by atoms with Gasteiger partial charge in [0.2, 0.25) is 5.52 Å². The predicted octanol–water partition coefficient (Wildman–Crippen LogP) is 4.06. The summed E-state index contributed by atoms with van der Waals surface area (Å²) >= 11 is 0. The first-order valence-electron chi connectivity index (χ1n) is 9.08. The van der Waals surface area contributed by atoms with Crippen molar-refractivity contribution in [2.45, 2.75) is 20.4 Å². The molecule has 0 aliphatic rings. The van der Waals surface area contributed by atoms with Crippen LogP contribution in [0, 0.1) is 11.0 Å². The summed E-state index contributed by atoms with van der Waals surface area (Å²) in [6.07, 6.45) is 1.58. The SMILES string of the molecule is CCN(CC)CCn1c2ccccc2c2c[n+]([O-])c3cc(F)ccc3c21. The van der Waals surface area contributed by atoms with Crippen LogP contribution < -0.4 is 4.73 Å². The number of para-hydroxylation sites is 1. The lowest BCUT2D eigenvalue weighted by Crippen LogP contribution is -2.28. The molecular weight excluding hydrogens is 329 g/mol. The Labute approximate surface area is 151 Å². The lowest BCUT2D eigenvalue weighted by Gasteiger charge is -2.19. The van der Waals surface area contributed by atoms with E-state index in [1.807, 2.05) is 18.2 Å². The van der Waals surface area contributed by atoms with E-state index >= 15 is 0 Å². The normalized spacial score (nSPS) is 12.0. The quantitative estimate of drug-likeness (QED) is 0.401. The van der Waals surface area contributed by atoms with Crippen LogP contribution in [0.4, 0.5) is 4.39 Å². The van der Waals surface area contributed by atoms with Gasteiger partial charge in [0.15, 0.2) is 6.20 Å². The van der Waals surface area contributed by atoms with E-state index < -0.39 is 5.82 Å². The minimum absolute atomic E-state index is 0.365. The Balaban J connectivity index is 2.03. The molecule has 2 heterocycles. The van der Waals surface area contributed by atoms with Gasteiger partial charge in [0, 0.05) is 30.1 Å². The highest BCUT2D eigenvalue weighted by atomic mass is 19.1. The molecule has 134 valence electrons. The van der Waals surface area contributed by atoms with E-state index in [0.29, 0.717) is 5.52 Å². The highest BCUT2D eigenvalue weighted by Crippen LogP contribution is 2.32. The molecule has 0 unspecified atom stereocenters. The number of pyridine rings is 1. The molecule has 0 N–H and O–H groups in total. The molecule has 4 aromatic rings. The molecule has 26 heavy (non-hydrogen) atoms. The molecule has 4 rings (SSSR count). The van der Waals surface area contributed by atoms with E-state index in [2.05, 4.69) is 29.4 Å². The molecule has 0 saturated carbocycles. The molecule has 0 radical (unpaired) electrons. The molecule has 0 bridgehead atoms. The smallest absolute Gasteiger partial charge is 0.228 e. The van der Waals surface area contributed by atoms with Crippen LogP contribution in [-0.4, -0.2) is 29.1 Å². The van der Waals surface area contributed by atoms with Crippen molar-refractivity contribution in [2.24, 2.45) is 0 Å². The van der Waals surface area contributed by atoms with Crippen molar-refractivity contribution in [3.63, 3.8) is 0 Å². The Hall–Kier alpha value is -2.66. The van der Waals surface area contributed by atoms with E-state index in [1.54, 1.807) is 12.3 Å². The Morgan fingerprint density at radius 1 is 1.04 bits per heavy atom. The minimum atomic E-state index is -0.396. The number of halogens is 1. The number of aromatic nitrogens is 2. The second-order valence-corrected chi connectivity index (χ2v) is 6.57. The van der Waals surface area contributed by atoms with Gasteiger partial charge in [0.05, 0.1) is 16.3 Å². The third-order valence-corrected chi connectivity index (χ3v) is 5.24. The Kier molecular flexibility index (Phi) is 4.24. The number of hydrogen-bond donors (Lipinski definition) is 0. The van der Waals surface area contributed by atoms with Gasteiger partial charge in [-0.3, -0.25) is 0 Å². The molecule has 2 aromatic heterocycles. The lowest BCUT2D eigenvalue weighted by molar-refractivity contribution is -0.575. The van der Waals surface area contributed by atoms with Gasteiger partial charge in [-0.1, -0.05) is 32.0 Å². The van der Waals surface area contributed by atoms with Crippen molar-refractivity contribution >= 4 is 32.7 Å². The number of rotatable bonds is 5. The summed E-state index contributed by atoms with van der Waals surface area (Å²) < 4.78 is 16.7. The molecule has 0 saturated heterocycles. The van der Waals surface area contributed by atoms with Gasteiger partial charge in [0.25, 0.3) is 0 Å². The first kappa shape index (κ1) is 16.8. The summed E-state index contributed by atoms with van der Waals surface area (Å²) in [5, 5.41) is 15.2. The van der Waals surface area contributed by atoms with Crippen molar-refractivity contribution in [3.8, 4) is 0 Å². The van der Waals surface area contributed by atoms with Gasteiger partial charge in [-0.2, -0.15) is 4.73 Å². The fraction of sp³-hybridized carbons (Fsp3) is 0.286. The second kappa shape index (κ2) is 6.57. The number of nitrogens with zero attached hydrogens (tertiary/aromatic N) is 3. The molecule has 4 nitrogen and oxygen atoms in total. The maximum atomic E-state index is 13.7. The first-order valence-corrected chi connectivity index (χ1v) is 9.08. The largest absolute Gasteiger partial charge is 0.618 e. The van der Waals surface area contributed by atoms with Crippen LogP contribution in [0.3, 0.4) is 0 Å². The summed E-state index contributed by atoms with van der Waals surface area (Å²) in [6.45, 7) is 8.07. The molecule has 0 spiro atoms. The first-order chi connectivity index (χ1) is 12.6. The highest BCUT2D eigenvalue weighted by molar-refractivity contribution is 6.15. The van der Waals surface area contributed by atoms with Gasteiger partial charge in [-0.05, 0) is 31.3 Å². The van der Waals surface area contributed by atoms with E-state index in [-0.39, 0.29) is 0 Å². The monoisotopic (exact) mass is 351 g/mol. The summed E-state index contributed by atoms with van der Waals surface area (Å²) in [7, 11) is 0. The zero-order valence-corrected chi connectivity index (χ0v) is 15.1. The molecule has 0 fully saturated rings. The fourth-order valence-corrected chi connectivity index (χ4v) is 3.84. The van der Waals surface area contributed by atoms with Crippen LogP contribution in [0.5, 0.6) is 0 Å². The summed E-state index contributed by atoms with van der Waals surface area (Å²) in [6, 6.07) is 12.6. The molecule has 0 aliphatic heterocycles. The Morgan fingerprint density at radius 2 is 1.81 bits per heavy atom. The van der Waals surface area contributed by atoms with Crippen LogP contribution in [0.25, 0.3) is 32.7 Å². The summed E-state index contributed by atoms with van der Waals surface area (Å²) in [4.78, 5) is 2.37. The van der Waals surface area contributed by atoms with Gasteiger partial charge in [0.1, 0.15) is 5.82 Å². The molecule has 5 heteroatoms. The maximum Gasteiger partial charge on any atom is 0.228 e. The molecular formula is C21H22FN3O. The van der Waals surface area contributed by atoms with E-state index in [4.69, 9.17) is 0 Å². The van der Waals surface area contributed by atoms with Gasteiger partial charge < -0.3 is 14.7 Å². The topological polar surface area (TPSA) is 35.1 Å². The van der Waals surface area contributed by atoms with Gasteiger partial charge in [-0.15, -0.1) is 0 Å². The van der Waals surface area contributed by atoms with Crippen LogP contribution in [0.2, 0.25) is 0 Å². The minimum Gasteiger partial charge on any atom is -0.618 e. The predicted molar refractivity (Wildman–Crippen MR) is 104 cm³/mol. The summed E-state index contributed by atoms with van der Waals surface area (Å²) in [5.41, 5.74) is 2.47. The maximum absolute atomic E-state index is 13.7. The summed E-state index contributed by atoms with van der Waals surface area (Å²) in [5.74, 6) is -0.396. The molecule has 0 amide bonds. The van der Waals surface area contributed by atoms with Crippen molar-refractivity contribution in [3.05, 3.63) is 59.7 Å². The molecule has 2 aromatic carbocycles. The zero-order valence-electron chi connectivity index (χ0n) is 15.1. The van der Waals surface area contributed by atoms with E-state index in [1.165, 1.54) is 12.1 Å². The Morgan fingerprint density at radius 3 is 2.58 bits per heavy atom. The van der Waals surface area contributed by atoms with Crippen LogP contribution in [-0.2, 0) is 6.54 Å². The Bertz CT molecular complexity index is 1100. The van der Waals surface area contributed by atoms with Gasteiger partial charge in [-0.25, -0.2) is 4.39 Å². The zero-order chi connectivity index (χ0) is 18.3. The highest BCUT2D eigenvalue weighted by Gasteiger charge is 2.19. The lowest BCUT2D eigenvalue weighted by atomic mass is 10.1. The van der Waals surface area contributed by atoms with Crippen molar-refractivity contribution in [2.75, 3.05) is 19.6 Å². The second-order valence-electron chi connectivity index (χ2n) is 6.57. The van der Waals surface area contributed by atoms with Crippen LogP contribution >= 0.6 is 0 Å². The van der Waals surface area contributed by atoms with E-state index in [9.17, 15) is 9.60 Å². The number of hydrogen-bond acceptors (Lipinski definition) is 2. The fourth-order valence-electron chi connectivity index (χ4n) is 3.84. The number of benzene rings is 2. The average molecular weight is 351 g/mol. The van der Waals surface area contributed by atoms with Crippen molar-refractivity contribution in [1.29, 1.82) is 0 Å². The van der Waals surface area contributed by atoms with Crippen molar-refractivity contribution in [1.82, 2.24) is 9.47 Å². The molecule has 0 atom stereocenters. The van der Waals surface area contributed by atoms with Crippen LogP contribution in [0.15, 0.2) is 48.7 Å². The van der Waals surface area contributed by atoms with Crippen LogP contribution in [0.1, 0.15) is 13.8 Å². The third-order valence-electron chi connectivity index (χ3n) is 5.24. The van der Waals surface area contributed by atoms with E-state index in [0.717, 1.165) is 58.1 Å². The average Bonchev–Trinajstić information content (AvgIpc) is 2.97. The third kappa shape index (κ3) is 2.59. The standard InChI is InChI=1S/C21H22FN3O/c1-3-23(4-2)11-12-24-19-8-6-5-7-16(19)18-14-25(26)20-13-15(22)9-10-17(20)21(18)24/h5-10,13-14H,3-4,11-12H2,1-2H3. The number of fused-ring (bicyclic) bond motifs is 5. The molecule has 0 aliphatic carbocycles. The van der Waals surface area contributed by atoms with Gasteiger partial charge >= 0.3 is 0 Å². The number of likely N-dealkylation sites (N-methyl/N-ethyl adjacent to an activating group) is 1.